The van der Waals surface area contributed by atoms with Gasteiger partial charge in [0, 0.05) is 42.9 Å². The van der Waals surface area contributed by atoms with Crippen LogP contribution >= 0.6 is 0 Å². The van der Waals surface area contributed by atoms with E-state index in [4.69, 9.17) is 19.9 Å². The van der Waals surface area contributed by atoms with E-state index in [9.17, 15) is 14.4 Å². The number of anilines is 1. The first-order chi connectivity index (χ1) is 23.2. The normalized spacial score (nSPS) is 18.1. The van der Waals surface area contributed by atoms with Crippen molar-refractivity contribution in [2.24, 2.45) is 0 Å². The number of likely N-dealkylation sites (tertiary alicyclic amines) is 1. The molecule has 12 nitrogen and oxygen atoms in total. The number of aromatic nitrogens is 2. The number of ether oxygens (including phenoxy) is 3. The number of amides is 3. The van der Waals surface area contributed by atoms with Crippen LogP contribution in [0.1, 0.15) is 58.3 Å². The van der Waals surface area contributed by atoms with Gasteiger partial charge in [0.2, 0.25) is 5.95 Å². The fraction of sp³-hybridized carbons (Fsp3) is 0.306. The summed E-state index contributed by atoms with van der Waals surface area (Å²) >= 11 is 0. The summed E-state index contributed by atoms with van der Waals surface area (Å²) in [6.07, 6.45) is 0.00891. The van der Waals surface area contributed by atoms with E-state index in [1.807, 2.05) is 50.2 Å². The molecule has 1 saturated heterocycles. The molecule has 3 aromatic carbocycles. The number of methoxy groups -OCH3 is 1. The minimum absolute atomic E-state index is 0.0361. The van der Waals surface area contributed by atoms with Crippen molar-refractivity contribution >= 4 is 23.7 Å². The number of piperidine rings is 1. The fourth-order valence-corrected chi connectivity index (χ4v) is 5.79. The molecule has 1 aromatic heterocycles. The van der Waals surface area contributed by atoms with E-state index in [-0.39, 0.29) is 48.4 Å². The number of carbonyl (C=O) groups is 3. The molecule has 2 atom stereocenters. The van der Waals surface area contributed by atoms with E-state index < -0.39 is 12.1 Å². The Bertz CT molecular complexity index is 1830. The zero-order chi connectivity index (χ0) is 33.8. The molecule has 4 N–H and O–H groups in total. The molecule has 0 aliphatic carbocycles. The summed E-state index contributed by atoms with van der Waals surface area (Å²) < 4.78 is 17.8. The summed E-state index contributed by atoms with van der Waals surface area (Å²) in [7, 11) is 1.56. The Labute approximate surface area is 278 Å². The number of benzene rings is 3. The molecule has 0 unspecified atom stereocenters. The second-order valence-corrected chi connectivity index (χ2v) is 12.1. The van der Waals surface area contributed by atoms with Crippen molar-refractivity contribution in [2.75, 3.05) is 32.5 Å². The van der Waals surface area contributed by atoms with Crippen LogP contribution in [-0.2, 0) is 11.3 Å². The molecule has 0 spiro atoms. The van der Waals surface area contributed by atoms with Crippen LogP contribution in [0.3, 0.4) is 0 Å². The standard InChI is InChI=1S/C36H38N6O6/c1-21(2)28-17-29(41-36(37)40-28)35(45)42-14-13-32-30(19-42)39-34(44)24-9-12-31(46-3)27(16-24)23-5-4-6-26(15-23)47-20-33(43)38-18-22-7-10-25(48-32)11-8-22/h4-12,15-17,21,30,32H,13-14,18-20H2,1-3H3,(H,38,43)(H,39,44)(H2,37,40,41)/t30-,32-/m1/s1. The van der Waals surface area contributed by atoms with Crippen LogP contribution in [0.25, 0.3) is 11.1 Å². The predicted molar refractivity (Wildman–Crippen MR) is 179 cm³/mol. The summed E-state index contributed by atoms with van der Waals surface area (Å²) in [5.74, 6) is 0.850. The Morgan fingerprint density at radius 1 is 1.00 bits per heavy atom. The van der Waals surface area contributed by atoms with Crippen LogP contribution in [0.2, 0.25) is 0 Å². The van der Waals surface area contributed by atoms with E-state index >= 15 is 0 Å². The number of hydrogen-bond donors (Lipinski definition) is 3. The molecule has 3 aliphatic rings. The van der Waals surface area contributed by atoms with Gasteiger partial charge in [0.05, 0.1) is 13.2 Å². The molecule has 3 aliphatic heterocycles. The van der Waals surface area contributed by atoms with Crippen LogP contribution in [0.4, 0.5) is 5.95 Å². The summed E-state index contributed by atoms with van der Waals surface area (Å²) in [5.41, 5.74) is 9.53. The largest absolute Gasteiger partial charge is 0.496 e. The Hall–Kier alpha value is -5.65. The minimum Gasteiger partial charge on any atom is -0.496 e. The average Bonchev–Trinajstić information content (AvgIpc) is 3.10. The Kier molecular flexibility index (Phi) is 9.42. The second-order valence-electron chi connectivity index (χ2n) is 12.1. The number of nitrogens with one attached hydrogen (secondary N) is 2. The first-order valence-electron chi connectivity index (χ1n) is 15.8. The average molecular weight is 651 g/mol. The Balaban J connectivity index is 1.34. The number of nitrogens with two attached hydrogens (primary N) is 1. The van der Waals surface area contributed by atoms with Crippen LogP contribution < -0.4 is 30.6 Å². The number of hydrogen-bond acceptors (Lipinski definition) is 9. The molecular weight excluding hydrogens is 612 g/mol. The van der Waals surface area contributed by atoms with Gasteiger partial charge in [-0.2, -0.15) is 0 Å². The monoisotopic (exact) mass is 650 g/mol. The number of fused-ring (bicyclic) bond motifs is 7. The molecule has 0 radical (unpaired) electrons. The molecule has 4 heterocycles. The molecule has 12 heteroatoms. The highest BCUT2D eigenvalue weighted by Crippen LogP contribution is 2.33. The molecule has 1 fully saturated rings. The quantitative estimate of drug-likeness (QED) is 0.299. The Morgan fingerprint density at radius 2 is 1.81 bits per heavy atom. The molecule has 6 bridgehead atoms. The maximum Gasteiger partial charge on any atom is 0.272 e. The summed E-state index contributed by atoms with van der Waals surface area (Å²) in [4.78, 5) is 50.3. The highest BCUT2D eigenvalue weighted by Gasteiger charge is 2.35. The third kappa shape index (κ3) is 7.33. The first kappa shape index (κ1) is 32.3. The van der Waals surface area contributed by atoms with Gasteiger partial charge in [0.1, 0.15) is 29.0 Å². The zero-order valence-electron chi connectivity index (χ0n) is 27.1. The van der Waals surface area contributed by atoms with Crippen molar-refractivity contribution in [3.05, 3.63) is 95.3 Å². The SMILES string of the molecule is COc1ccc2cc1-c1cccc(c1)OCC(=O)NCc1ccc(cc1)O[C@@H]1CCN(C(=O)c3cc(C(C)C)nc(N)n3)C[C@H]1NC2=O. The second kappa shape index (κ2) is 14.0. The van der Waals surface area contributed by atoms with Crippen molar-refractivity contribution in [3.8, 4) is 28.4 Å². The lowest BCUT2D eigenvalue weighted by Gasteiger charge is -2.38. The number of carbonyl (C=O) groups excluding carboxylic acids is 3. The van der Waals surface area contributed by atoms with E-state index in [1.165, 1.54) is 0 Å². The van der Waals surface area contributed by atoms with Crippen molar-refractivity contribution in [1.82, 2.24) is 25.5 Å². The minimum atomic E-state index is -0.564. The van der Waals surface area contributed by atoms with E-state index in [2.05, 4.69) is 20.6 Å². The molecule has 48 heavy (non-hydrogen) atoms. The van der Waals surface area contributed by atoms with Crippen LogP contribution in [0.5, 0.6) is 17.2 Å². The van der Waals surface area contributed by atoms with Crippen LogP contribution in [-0.4, -0.2) is 71.5 Å². The fourth-order valence-electron chi connectivity index (χ4n) is 5.79. The third-order valence-electron chi connectivity index (χ3n) is 8.40. The highest BCUT2D eigenvalue weighted by molar-refractivity contribution is 5.97. The molecule has 3 amide bonds. The molecule has 7 rings (SSSR count). The van der Waals surface area contributed by atoms with Gasteiger partial charge in [0.25, 0.3) is 17.7 Å². The van der Waals surface area contributed by atoms with Crippen molar-refractivity contribution < 1.29 is 28.6 Å². The predicted octanol–water partition coefficient (Wildman–Crippen LogP) is 3.96. The van der Waals surface area contributed by atoms with Gasteiger partial charge in [-0.25, -0.2) is 9.97 Å². The van der Waals surface area contributed by atoms with Gasteiger partial charge in [-0.3, -0.25) is 14.4 Å². The lowest BCUT2D eigenvalue weighted by Crippen LogP contribution is -2.58. The maximum absolute atomic E-state index is 13.9. The number of nitrogens with zero attached hydrogens (tertiary/aromatic N) is 3. The lowest BCUT2D eigenvalue weighted by molar-refractivity contribution is -0.123. The summed E-state index contributed by atoms with van der Waals surface area (Å²) in [5, 5.41) is 6.02. The zero-order valence-corrected chi connectivity index (χ0v) is 27.1. The van der Waals surface area contributed by atoms with Gasteiger partial charge >= 0.3 is 0 Å². The molecule has 4 aromatic rings. The van der Waals surface area contributed by atoms with Crippen molar-refractivity contribution in [1.29, 1.82) is 0 Å². The van der Waals surface area contributed by atoms with Gasteiger partial charge in [-0.05, 0) is 65.6 Å². The first-order valence-corrected chi connectivity index (χ1v) is 15.8. The van der Waals surface area contributed by atoms with Gasteiger partial charge in [-0.15, -0.1) is 0 Å². The van der Waals surface area contributed by atoms with E-state index in [0.29, 0.717) is 53.6 Å². The van der Waals surface area contributed by atoms with E-state index in [0.717, 1.165) is 11.1 Å². The van der Waals surface area contributed by atoms with Gasteiger partial charge in [0.15, 0.2) is 6.61 Å². The summed E-state index contributed by atoms with van der Waals surface area (Å²) in [6, 6.07) is 20.9. The van der Waals surface area contributed by atoms with Crippen molar-refractivity contribution in [2.45, 2.75) is 44.9 Å². The Morgan fingerprint density at radius 3 is 2.58 bits per heavy atom. The number of rotatable bonds is 3. The van der Waals surface area contributed by atoms with E-state index in [1.54, 1.807) is 48.4 Å². The van der Waals surface area contributed by atoms with Gasteiger partial charge < -0.3 is 35.5 Å². The smallest absolute Gasteiger partial charge is 0.272 e. The molecule has 248 valence electrons. The number of nitrogen functional groups attached to an aromatic ring is 1. The maximum atomic E-state index is 13.9. The molecular formula is C36H38N6O6. The lowest BCUT2D eigenvalue weighted by atomic mass is 9.98. The van der Waals surface area contributed by atoms with Gasteiger partial charge in [-0.1, -0.05) is 38.1 Å². The third-order valence-corrected chi connectivity index (χ3v) is 8.40. The topological polar surface area (TPSA) is 158 Å². The highest BCUT2D eigenvalue weighted by atomic mass is 16.5. The summed E-state index contributed by atoms with van der Waals surface area (Å²) in [6.45, 7) is 4.66. The molecule has 0 saturated carbocycles. The van der Waals surface area contributed by atoms with Crippen LogP contribution in [0, 0.1) is 0 Å². The van der Waals surface area contributed by atoms with Crippen molar-refractivity contribution in [3.63, 3.8) is 0 Å². The van der Waals surface area contributed by atoms with Crippen LogP contribution in [0.15, 0.2) is 72.8 Å².